The molecule has 0 aliphatic rings. The first-order valence-corrected chi connectivity index (χ1v) is 6.85. The highest BCUT2D eigenvalue weighted by Gasteiger charge is 2.08. The second-order valence-electron chi connectivity index (χ2n) is 5.21. The van der Waals surface area contributed by atoms with E-state index in [9.17, 15) is 4.39 Å². The van der Waals surface area contributed by atoms with Crippen molar-refractivity contribution in [3.05, 3.63) is 65.5 Å². The van der Waals surface area contributed by atoms with E-state index in [1.54, 1.807) is 6.07 Å². The predicted octanol–water partition coefficient (Wildman–Crippen LogP) is 3.66. The second kappa shape index (κ2) is 6.53. The summed E-state index contributed by atoms with van der Waals surface area (Å²) in [7, 11) is 1.95. The molecule has 1 atom stereocenters. The van der Waals surface area contributed by atoms with Crippen LogP contribution in [0, 0.1) is 12.7 Å². The summed E-state index contributed by atoms with van der Waals surface area (Å²) in [4.78, 5) is 2.02. The highest BCUT2D eigenvalue weighted by atomic mass is 19.1. The zero-order valence-corrected chi connectivity index (χ0v) is 12.0. The molecule has 0 aliphatic carbocycles. The van der Waals surface area contributed by atoms with Crippen molar-refractivity contribution in [3.8, 4) is 0 Å². The summed E-state index contributed by atoms with van der Waals surface area (Å²) >= 11 is 0. The van der Waals surface area contributed by atoms with Gasteiger partial charge in [0.25, 0.3) is 0 Å². The summed E-state index contributed by atoms with van der Waals surface area (Å²) in [5.74, 6) is -0.211. The maximum absolute atomic E-state index is 13.2. The quantitative estimate of drug-likeness (QED) is 0.900. The molecule has 0 aliphatic heterocycles. The van der Waals surface area contributed by atoms with E-state index in [1.165, 1.54) is 17.7 Å². The van der Waals surface area contributed by atoms with Crippen molar-refractivity contribution in [1.82, 2.24) is 0 Å². The average Bonchev–Trinajstić information content (AvgIpc) is 2.45. The van der Waals surface area contributed by atoms with Gasteiger partial charge < -0.3 is 10.6 Å². The fourth-order valence-electron chi connectivity index (χ4n) is 2.16. The molecule has 2 N–H and O–H groups in total. The van der Waals surface area contributed by atoms with Gasteiger partial charge in [-0.25, -0.2) is 4.39 Å². The summed E-state index contributed by atoms with van der Waals surface area (Å²) in [5, 5.41) is 0. The average molecular weight is 272 g/mol. The van der Waals surface area contributed by atoms with Crippen molar-refractivity contribution in [2.45, 2.75) is 19.4 Å². The molecule has 0 radical (unpaired) electrons. The summed E-state index contributed by atoms with van der Waals surface area (Å²) in [5.41, 5.74) is 9.45. The maximum atomic E-state index is 13.2. The van der Waals surface area contributed by atoms with Crippen molar-refractivity contribution in [2.75, 3.05) is 18.5 Å². The van der Waals surface area contributed by atoms with E-state index >= 15 is 0 Å². The minimum absolute atomic E-state index is 0.00612. The van der Waals surface area contributed by atoms with Crippen LogP contribution in [0.4, 0.5) is 10.1 Å². The van der Waals surface area contributed by atoms with E-state index in [2.05, 4.69) is 31.2 Å². The lowest BCUT2D eigenvalue weighted by molar-refractivity contribution is 0.623. The smallest absolute Gasteiger partial charge is 0.125 e. The van der Waals surface area contributed by atoms with Crippen molar-refractivity contribution in [1.29, 1.82) is 0 Å². The Morgan fingerprint density at radius 1 is 1.15 bits per heavy atom. The fourth-order valence-corrected chi connectivity index (χ4v) is 2.16. The molecule has 20 heavy (non-hydrogen) atoms. The van der Waals surface area contributed by atoms with Crippen molar-refractivity contribution in [3.63, 3.8) is 0 Å². The van der Waals surface area contributed by atoms with Gasteiger partial charge in [-0.05, 0) is 37.1 Å². The van der Waals surface area contributed by atoms with E-state index in [0.717, 1.165) is 24.2 Å². The zero-order valence-electron chi connectivity index (χ0n) is 12.0. The molecular formula is C17H21FN2. The van der Waals surface area contributed by atoms with E-state index in [4.69, 9.17) is 5.73 Å². The first-order chi connectivity index (χ1) is 9.56. The molecule has 0 bridgehead atoms. The van der Waals surface area contributed by atoms with Gasteiger partial charge in [0.2, 0.25) is 0 Å². The minimum Gasteiger partial charge on any atom is -0.374 e. The Hall–Kier alpha value is -1.87. The number of anilines is 1. The summed E-state index contributed by atoms with van der Waals surface area (Å²) in [6, 6.07) is 14.9. The number of nitrogens with zero attached hydrogens (tertiary/aromatic N) is 1. The van der Waals surface area contributed by atoms with Crippen LogP contribution < -0.4 is 10.6 Å². The normalized spacial score (nSPS) is 12.2. The Labute approximate surface area is 120 Å². The molecule has 2 aromatic rings. The van der Waals surface area contributed by atoms with Gasteiger partial charge in [-0.3, -0.25) is 0 Å². The standard InChI is InChI=1S/C17H21FN2/c1-13-6-8-14(9-7-13)17(19)10-11-20(2)16-5-3-4-15(18)12-16/h3-9,12,17H,10-11,19H2,1-2H3. The molecule has 0 amide bonds. The van der Waals surface area contributed by atoms with Crippen molar-refractivity contribution in [2.24, 2.45) is 5.73 Å². The number of aryl methyl sites for hydroxylation is 1. The second-order valence-corrected chi connectivity index (χ2v) is 5.21. The first-order valence-electron chi connectivity index (χ1n) is 6.85. The van der Waals surface area contributed by atoms with Crippen molar-refractivity contribution < 1.29 is 4.39 Å². The van der Waals surface area contributed by atoms with E-state index < -0.39 is 0 Å². The Kier molecular flexibility index (Phi) is 4.74. The van der Waals surface area contributed by atoms with Gasteiger partial charge in [0, 0.05) is 25.3 Å². The van der Waals surface area contributed by atoms with Crippen LogP contribution in [-0.2, 0) is 0 Å². The van der Waals surface area contributed by atoms with Crippen LogP contribution in [0.5, 0.6) is 0 Å². The molecule has 0 saturated carbocycles. The molecule has 0 aromatic heterocycles. The fraction of sp³-hybridized carbons (Fsp3) is 0.294. The Balaban J connectivity index is 1.93. The predicted molar refractivity (Wildman–Crippen MR) is 82.4 cm³/mol. The molecule has 2 nitrogen and oxygen atoms in total. The van der Waals surface area contributed by atoms with Gasteiger partial charge in [-0.2, -0.15) is 0 Å². The van der Waals surface area contributed by atoms with Gasteiger partial charge in [-0.15, -0.1) is 0 Å². The molecule has 0 spiro atoms. The van der Waals surface area contributed by atoms with Crippen LogP contribution >= 0.6 is 0 Å². The lowest BCUT2D eigenvalue weighted by atomic mass is 10.0. The molecule has 1 unspecified atom stereocenters. The van der Waals surface area contributed by atoms with Crippen LogP contribution in [0.1, 0.15) is 23.6 Å². The maximum Gasteiger partial charge on any atom is 0.125 e. The first kappa shape index (κ1) is 14.5. The van der Waals surface area contributed by atoms with Gasteiger partial charge in [0.1, 0.15) is 5.82 Å². The van der Waals surface area contributed by atoms with Gasteiger partial charge in [-0.1, -0.05) is 35.9 Å². The zero-order chi connectivity index (χ0) is 14.5. The van der Waals surface area contributed by atoms with Gasteiger partial charge >= 0.3 is 0 Å². The molecule has 3 heteroatoms. The molecular weight excluding hydrogens is 251 g/mol. The minimum atomic E-state index is -0.211. The Morgan fingerprint density at radius 2 is 1.85 bits per heavy atom. The third-order valence-electron chi connectivity index (χ3n) is 3.53. The van der Waals surface area contributed by atoms with Gasteiger partial charge in [0.15, 0.2) is 0 Å². The van der Waals surface area contributed by atoms with Crippen LogP contribution in [0.15, 0.2) is 48.5 Å². The SMILES string of the molecule is Cc1ccc(C(N)CCN(C)c2cccc(F)c2)cc1. The van der Waals surface area contributed by atoms with E-state index in [1.807, 2.05) is 18.0 Å². The summed E-state index contributed by atoms with van der Waals surface area (Å²) in [6.07, 6.45) is 0.829. The number of rotatable bonds is 5. The highest BCUT2D eigenvalue weighted by molar-refractivity contribution is 5.45. The number of benzene rings is 2. The van der Waals surface area contributed by atoms with Crippen LogP contribution in [0.2, 0.25) is 0 Å². The monoisotopic (exact) mass is 272 g/mol. The number of hydrogen-bond donors (Lipinski definition) is 1. The molecule has 0 saturated heterocycles. The topological polar surface area (TPSA) is 29.3 Å². The molecule has 0 heterocycles. The lowest BCUT2D eigenvalue weighted by Gasteiger charge is -2.21. The number of halogens is 1. The largest absolute Gasteiger partial charge is 0.374 e. The van der Waals surface area contributed by atoms with Gasteiger partial charge in [0.05, 0.1) is 0 Å². The highest BCUT2D eigenvalue weighted by Crippen LogP contribution is 2.18. The van der Waals surface area contributed by atoms with Crippen LogP contribution in [0.3, 0.4) is 0 Å². The number of hydrogen-bond acceptors (Lipinski definition) is 2. The van der Waals surface area contributed by atoms with Crippen LogP contribution in [0.25, 0.3) is 0 Å². The Bertz CT molecular complexity index is 551. The van der Waals surface area contributed by atoms with Crippen LogP contribution in [-0.4, -0.2) is 13.6 Å². The summed E-state index contributed by atoms with van der Waals surface area (Å²) < 4.78 is 13.2. The third kappa shape index (κ3) is 3.81. The molecule has 0 fully saturated rings. The van der Waals surface area contributed by atoms with Crippen molar-refractivity contribution >= 4 is 5.69 Å². The van der Waals surface area contributed by atoms with E-state index in [0.29, 0.717) is 0 Å². The molecule has 2 aromatic carbocycles. The van der Waals surface area contributed by atoms with E-state index in [-0.39, 0.29) is 11.9 Å². The molecule has 106 valence electrons. The Morgan fingerprint density at radius 3 is 2.50 bits per heavy atom. The summed E-state index contributed by atoms with van der Waals surface area (Å²) in [6.45, 7) is 2.85. The number of nitrogens with two attached hydrogens (primary N) is 1. The molecule has 2 rings (SSSR count). The lowest BCUT2D eigenvalue weighted by Crippen LogP contribution is -2.23. The third-order valence-corrected chi connectivity index (χ3v) is 3.53.